The van der Waals surface area contributed by atoms with Crippen molar-refractivity contribution in [3.63, 3.8) is 0 Å². The summed E-state index contributed by atoms with van der Waals surface area (Å²) in [4.78, 5) is 20.5. The normalized spacial score (nSPS) is 12.3. The Balaban J connectivity index is 1.71. The van der Waals surface area contributed by atoms with Crippen LogP contribution in [0.15, 0.2) is 47.8 Å². The maximum Gasteiger partial charge on any atom is 0.261 e. The van der Waals surface area contributed by atoms with Gasteiger partial charge in [0.1, 0.15) is 18.5 Å². The fourth-order valence-corrected chi connectivity index (χ4v) is 2.47. The summed E-state index contributed by atoms with van der Waals surface area (Å²) < 4.78 is 7.07. The minimum Gasteiger partial charge on any atom is -0.491 e. The molecular weight excluding hydrogens is 306 g/mol. The van der Waals surface area contributed by atoms with Crippen molar-refractivity contribution in [3.8, 4) is 5.75 Å². The van der Waals surface area contributed by atoms with Gasteiger partial charge >= 0.3 is 0 Å². The zero-order valence-corrected chi connectivity index (χ0v) is 13.6. The molecule has 1 aromatic carbocycles. The van der Waals surface area contributed by atoms with Gasteiger partial charge in [-0.2, -0.15) is 0 Å². The SMILES string of the molecule is Cc1ccc(C)c(OCC(O)Cn2cnc3cnccc3c2=O)c1. The molecule has 3 rings (SSSR count). The van der Waals surface area contributed by atoms with Crippen molar-refractivity contribution in [2.24, 2.45) is 0 Å². The van der Waals surface area contributed by atoms with E-state index in [1.165, 1.54) is 10.9 Å². The maximum atomic E-state index is 12.4. The summed E-state index contributed by atoms with van der Waals surface area (Å²) in [5, 5.41) is 10.7. The lowest BCUT2D eigenvalue weighted by Crippen LogP contribution is -2.30. The van der Waals surface area contributed by atoms with E-state index in [0.717, 1.165) is 16.9 Å². The smallest absolute Gasteiger partial charge is 0.261 e. The van der Waals surface area contributed by atoms with Crippen LogP contribution in [0.5, 0.6) is 5.75 Å². The van der Waals surface area contributed by atoms with Gasteiger partial charge in [-0.3, -0.25) is 14.3 Å². The summed E-state index contributed by atoms with van der Waals surface area (Å²) in [5.74, 6) is 0.740. The summed E-state index contributed by atoms with van der Waals surface area (Å²) in [5.41, 5.74) is 2.44. The molecule has 0 amide bonds. The van der Waals surface area contributed by atoms with Gasteiger partial charge in [0.05, 0.1) is 30.0 Å². The Morgan fingerprint density at radius 3 is 2.96 bits per heavy atom. The molecule has 3 aromatic rings. The largest absolute Gasteiger partial charge is 0.491 e. The fraction of sp³-hybridized carbons (Fsp3) is 0.278. The molecule has 6 heteroatoms. The molecule has 1 atom stereocenters. The third-order valence-corrected chi connectivity index (χ3v) is 3.81. The van der Waals surface area contributed by atoms with Crippen LogP contribution in [-0.2, 0) is 6.54 Å². The molecule has 0 aliphatic rings. The quantitative estimate of drug-likeness (QED) is 0.774. The topological polar surface area (TPSA) is 77.2 Å². The molecule has 6 nitrogen and oxygen atoms in total. The molecule has 0 aliphatic carbocycles. The Bertz CT molecular complexity index is 921. The summed E-state index contributed by atoms with van der Waals surface area (Å²) in [6, 6.07) is 7.54. The third-order valence-electron chi connectivity index (χ3n) is 3.81. The zero-order valence-electron chi connectivity index (χ0n) is 13.6. The number of benzene rings is 1. The highest BCUT2D eigenvalue weighted by molar-refractivity contribution is 5.75. The van der Waals surface area contributed by atoms with E-state index in [4.69, 9.17) is 4.74 Å². The van der Waals surface area contributed by atoms with E-state index in [-0.39, 0.29) is 18.7 Å². The van der Waals surface area contributed by atoms with Crippen molar-refractivity contribution in [2.45, 2.75) is 26.5 Å². The van der Waals surface area contributed by atoms with E-state index in [1.54, 1.807) is 18.5 Å². The number of aliphatic hydroxyl groups excluding tert-OH is 1. The Kier molecular flexibility index (Phi) is 4.57. The second-order valence-corrected chi connectivity index (χ2v) is 5.83. The molecular formula is C18H19N3O3. The van der Waals surface area contributed by atoms with Crippen molar-refractivity contribution in [1.29, 1.82) is 0 Å². The highest BCUT2D eigenvalue weighted by Crippen LogP contribution is 2.19. The summed E-state index contributed by atoms with van der Waals surface area (Å²) >= 11 is 0. The van der Waals surface area contributed by atoms with Gasteiger partial charge in [-0.15, -0.1) is 0 Å². The van der Waals surface area contributed by atoms with Crippen molar-refractivity contribution in [2.75, 3.05) is 6.61 Å². The molecule has 2 heterocycles. The average molecular weight is 325 g/mol. The van der Waals surface area contributed by atoms with Gasteiger partial charge in [-0.25, -0.2) is 4.98 Å². The number of fused-ring (bicyclic) bond motifs is 1. The minimum absolute atomic E-state index is 0.102. The monoisotopic (exact) mass is 325 g/mol. The van der Waals surface area contributed by atoms with Crippen LogP contribution in [0.25, 0.3) is 10.9 Å². The number of aliphatic hydroxyl groups is 1. The Hall–Kier alpha value is -2.73. The van der Waals surface area contributed by atoms with E-state index in [1.807, 2.05) is 32.0 Å². The standard InChI is InChI=1S/C18H19N3O3/c1-12-3-4-13(2)17(7-12)24-10-14(22)9-21-11-20-16-8-19-6-5-15(16)18(21)23/h3-8,11,14,22H,9-10H2,1-2H3. The first kappa shape index (κ1) is 16.1. The number of hydrogen-bond acceptors (Lipinski definition) is 5. The molecule has 124 valence electrons. The zero-order chi connectivity index (χ0) is 17.1. The molecule has 0 radical (unpaired) electrons. The second-order valence-electron chi connectivity index (χ2n) is 5.83. The summed E-state index contributed by atoms with van der Waals surface area (Å²) in [6.45, 7) is 4.16. The average Bonchev–Trinajstić information content (AvgIpc) is 2.58. The first-order valence-corrected chi connectivity index (χ1v) is 7.72. The number of pyridine rings is 1. The minimum atomic E-state index is -0.816. The van der Waals surface area contributed by atoms with Crippen molar-refractivity contribution in [3.05, 3.63) is 64.5 Å². The molecule has 1 N–H and O–H groups in total. The molecule has 0 saturated heterocycles. The molecule has 0 saturated carbocycles. The first-order valence-electron chi connectivity index (χ1n) is 7.72. The predicted octanol–water partition coefficient (Wildman–Crippen LogP) is 1.85. The van der Waals surface area contributed by atoms with Gasteiger partial charge < -0.3 is 9.84 Å². The van der Waals surface area contributed by atoms with Crippen LogP contribution in [0.3, 0.4) is 0 Å². The van der Waals surface area contributed by atoms with E-state index in [9.17, 15) is 9.90 Å². The number of nitrogens with zero attached hydrogens (tertiary/aromatic N) is 3. The van der Waals surface area contributed by atoms with E-state index < -0.39 is 6.10 Å². The lowest BCUT2D eigenvalue weighted by atomic mass is 10.1. The van der Waals surface area contributed by atoms with Crippen LogP contribution in [0.1, 0.15) is 11.1 Å². The Labute approximate surface area is 139 Å². The molecule has 24 heavy (non-hydrogen) atoms. The van der Waals surface area contributed by atoms with Crippen LogP contribution in [0.4, 0.5) is 0 Å². The third kappa shape index (κ3) is 3.44. The van der Waals surface area contributed by atoms with Crippen LogP contribution in [0, 0.1) is 13.8 Å². The van der Waals surface area contributed by atoms with Crippen molar-refractivity contribution < 1.29 is 9.84 Å². The van der Waals surface area contributed by atoms with Crippen LogP contribution in [0.2, 0.25) is 0 Å². The van der Waals surface area contributed by atoms with Gasteiger partial charge in [-0.1, -0.05) is 12.1 Å². The van der Waals surface area contributed by atoms with Crippen molar-refractivity contribution >= 4 is 10.9 Å². The highest BCUT2D eigenvalue weighted by Gasteiger charge is 2.11. The maximum absolute atomic E-state index is 12.4. The van der Waals surface area contributed by atoms with Crippen LogP contribution in [-0.4, -0.2) is 32.4 Å². The second kappa shape index (κ2) is 6.80. The lowest BCUT2D eigenvalue weighted by Gasteiger charge is -2.15. The van der Waals surface area contributed by atoms with Gasteiger partial charge in [0, 0.05) is 6.20 Å². The van der Waals surface area contributed by atoms with E-state index in [2.05, 4.69) is 9.97 Å². The van der Waals surface area contributed by atoms with Gasteiger partial charge in [-0.05, 0) is 37.1 Å². The Morgan fingerprint density at radius 2 is 2.12 bits per heavy atom. The van der Waals surface area contributed by atoms with E-state index >= 15 is 0 Å². The predicted molar refractivity (Wildman–Crippen MR) is 91.2 cm³/mol. The van der Waals surface area contributed by atoms with Crippen LogP contribution >= 0.6 is 0 Å². The molecule has 0 aliphatic heterocycles. The fourth-order valence-electron chi connectivity index (χ4n) is 2.47. The number of ether oxygens (including phenoxy) is 1. The molecule has 0 fully saturated rings. The number of rotatable bonds is 5. The van der Waals surface area contributed by atoms with Crippen molar-refractivity contribution in [1.82, 2.24) is 14.5 Å². The number of aryl methyl sites for hydroxylation is 2. The van der Waals surface area contributed by atoms with Gasteiger partial charge in [0.2, 0.25) is 0 Å². The molecule has 2 aromatic heterocycles. The van der Waals surface area contributed by atoms with Gasteiger partial charge in [0.15, 0.2) is 0 Å². The number of aromatic nitrogens is 3. The lowest BCUT2D eigenvalue weighted by molar-refractivity contribution is 0.0911. The summed E-state index contributed by atoms with van der Waals surface area (Å²) in [7, 11) is 0. The first-order chi connectivity index (χ1) is 11.5. The molecule has 0 spiro atoms. The van der Waals surface area contributed by atoms with E-state index in [0.29, 0.717) is 10.9 Å². The van der Waals surface area contributed by atoms with Crippen LogP contribution < -0.4 is 10.3 Å². The molecule has 0 bridgehead atoms. The highest BCUT2D eigenvalue weighted by atomic mass is 16.5. The van der Waals surface area contributed by atoms with Gasteiger partial charge in [0.25, 0.3) is 5.56 Å². The molecule has 1 unspecified atom stereocenters. The summed E-state index contributed by atoms with van der Waals surface area (Å²) in [6.07, 6.45) is 3.70. The number of hydrogen-bond donors (Lipinski definition) is 1. The Morgan fingerprint density at radius 1 is 1.29 bits per heavy atom.